The number of nitrogens with one attached hydrogen (secondary N) is 3. The summed E-state index contributed by atoms with van der Waals surface area (Å²) in [4.78, 5) is 33.9. The lowest BCUT2D eigenvalue weighted by Crippen LogP contribution is -2.49. The molecule has 0 aliphatic heterocycles. The zero-order valence-electron chi connectivity index (χ0n) is 12.4. The number of aliphatic carboxylic acids is 1. The molecular formula is C13H25N3O4. The third kappa shape index (κ3) is 7.60. The van der Waals surface area contributed by atoms with Crippen molar-refractivity contribution in [3.63, 3.8) is 0 Å². The lowest BCUT2D eigenvalue weighted by Gasteiger charge is -2.20. The van der Waals surface area contributed by atoms with Gasteiger partial charge in [-0.2, -0.15) is 0 Å². The first-order valence-corrected chi connectivity index (χ1v) is 6.96. The van der Waals surface area contributed by atoms with E-state index in [-0.39, 0.29) is 24.8 Å². The third-order valence-corrected chi connectivity index (χ3v) is 2.98. The molecule has 0 aromatic carbocycles. The lowest BCUT2D eigenvalue weighted by molar-refractivity contribution is -0.140. The molecular weight excluding hydrogens is 262 g/mol. The second-order valence-electron chi connectivity index (χ2n) is 4.70. The van der Waals surface area contributed by atoms with Crippen molar-refractivity contribution in [2.75, 3.05) is 13.1 Å². The first-order chi connectivity index (χ1) is 9.42. The van der Waals surface area contributed by atoms with E-state index in [1.807, 2.05) is 13.8 Å². The highest BCUT2D eigenvalue weighted by Gasteiger charge is 2.25. The molecule has 0 rings (SSSR count). The molecule has 0 fully saturated rings. The summed E-state index contributed by atoms with van der Waals surface area (Å²) in [6, 6.07) is -1.49. The summed E-state index contributed by atoms with van der Waals surface area (Å²) in [7, 11) is 0. The van der Waals surface area contributed by atoms with Gasteiger partial charge in [-0.3, -0.25) is 4.79 Å². The van der Waals surface area contributed by atoms with Crippen molar-refractivity contribution in [3.8, 4) is 0 Å². The highest BCUT2D eigenvalue weighted by atomic mass is 16.4. The van der Waals surface area contributed by atoms with Gasteiger partial charge in [0.2, 0.25) is 5.91 Å². The number of carboxylic acids is 1. The van der Waals surface area contributed by atoms with E-state index in [0.29, 0.717) is 13.0 Å². The Morgan fingerprint density at radius 2 is 1.75 bits per heavy atom. The molecule has 0 radical (unpaired) electrons. The van der Waals surface area contributed by atoms with Crippen LogP contribution in [-0.2, 0) is 9.59 Å². The van der Waals surface area contributed by atoms with Gasteiger partial charge >= 0.3 is 12.0 Å². The largest absolute Gasteiger partial charge is 0.480 e. The lowest BCUT2D eigenvalue weighted by atomic mass is 9.99. The minimum absolute atomic E-state index is 0.135. The highest BCUT2D eigenvalue weighted by Crippen LogP contribution is 2.07. The van der Waals surface area contributed by atoms with E-state index < -0.39 is 18.0 Å². The minimum atomic E-state index is -1.06. The molecule has 0 unspecified atom stereocenters. The minimum Gasteiger partial charge on any atom is -0.480 e. The fraction of sp³-hybridized carbons (Fsp3) is 0.769. The zero-order valence-corrected chi connectivity index (χ0v) is 12.4. The molecule has 0 aromatic rings. The fourth-order valence-corrected chi connectivity index (χ4v) is 1.52. The Balaban J connectivity index is 4.03. The van der Waals surface area contributed by atoms with Crippen molar-refractivity contribution in [2.45, 2.75) is 46.1 Å². The summed E-state index contributed by atoms with van der Waals surface area (Å²) >= 11 is 0. The van der Waals surface area contributed by atoms with Gasteiger partial charge in [0.15, 0.2) is 0 Å². The molecule has 0 saturated carbocycles. The summed E-state index contributed by atoms with van der Waals surface area (Å²) in [5.74, 6) is -1.36. The first kappa shape index (κ1) is 18.2. The Morgan fingerprint density at radius 3 is 2.25 bits per heavy atom. The number of carbonyl (C=O) groups is 3. The first-order valence-electron chi connectivity index (χ1n) is 6.96. The molecule has 0 aromatic heterocycles. The van der Waals surface area contributed by atoms with Crippen molar-refractivity contribution in [1.82, 2.24) is 16.0 Å². The van der Waals surface area contributed by atoms with Crippen LogP contribution in [0.2, 0.25) is 0 Å². The van der Waals surface area contributed by atoms with E-state index in [2.05, 4.69) is 16.0 Å². The quantitative estimate of drug-likeness (QED) is 0.500. The summed E-state index contributed by atoms with van der Waals surface area (Å²) in [5, 5.41) is 16.6. The smallest absolute Gasteiger partial charge is 0.326 e. The van der Waals surface area contributed by atoms with E-state index >= 15 is 0 Å². The molecule has 7 heteroatoms. The van der Waals surface area contributed by atoms with Gasteiger partial charge < -0.3 is 21.1 Å². The van der Waals surface area contributed by atoms with Gasteiger partial charge in [0, 0.05) is 19.5 Å². The van der Waals surface area contributed by atoms with E-state index in [1.54, 1.807) is 6.92 Å². The van der Waals surface area contributed by atoms with Crippen LogP contribution >= 0.6 is 0 Å². The second-order valence-corrected chi connectivity index (χ2v) is 4.70. The maximum atomic E-state index is 11.6. The standard InChI is InChI=1S/C13H25N3O4/c1-4-7-14-10(17)6-8-15-13(20)16-11(12(18)19)9(3)5-2/h9,11H,4-8H2,1-3H3,(H,14,17)(H,18,19)(H2,15,16,20)/t9-,11-/m0/s1. The van der Waals surface area contributed by atoms with Crippen molar-refractivity contribution in [1.29, 1.82) is 0 Å². The number of rotatable bonds is 9. The molecule has 116 valence electrons. The number of carboxylic acid groups (broad SMARTS) is 1. The van der Waals surface area contributed by atoms with Crippen LogP contribution in [0.5, 0.6) is 0 Å². The van der Waals surface area contributed by atoms with Crippen LogP contribution in [0.25, 0.3) is 0 Å². The van der Waals surface area contributed by atoms with Crippen LogP contribution in [0.15, 0.2) is 0 Å². The summed E-state index contributed by atoms with van der Waals surface area (Å²) in [6.45, 7) is 6.36. The Kier molecular flexibility index (Phi) is 9.15. The Morgan fingerprint density at radius 1 is 1.10 bits per heavy atom. The van der Waals surface area contributed by atoms with Gasteiger partial charge in [-0.05, 0) is 12.3 Å². The van der Waals surface area contributed by atoms with Gasteiger partial charge in [0.25, 0.3) is 0 Å². The molecule has 0 saturated heterocycles. The molecule has 0 heterocycles. The Hall–Kier alpha value is -1.79. The third-order valence-electron chi connectivity index (χ3n) is 2.98. The second kappa shape index (κ2) is 10.1. The number of hydrogen-bond acceptors (Lipinski definition) is 3. The molecule has 4 N–H and O–H groups in total. The van der Waals surface area contributed by atoms with Crippen LogP contribution in [0.1, 0.15) is 40.0 Å². The van der Waals surface area contributed by atoms with Crippen LogP contribution in [-0.4, -0.2) is 42.1 Å². The van der Waals surface area contributed by atoms with Crippen molar-refractivity contribution >= 4 is 17.9 Å². The average Bonchev–Trinajstić information content (AvgIpc) is 2.41. The zero-order chi connectivity index (χ0) is 15.5. The molecule has 7 nitrogen and oxygen atoms in total. The van der Waals surface area contributed by atoms with Crippen molar-refractivity contribution < 1.29 is 19.5 Å². The topological polar surface area (TPSA) is 108 Å². The summed E-state index contributed by atoms with van der Waals surface area (Å²) in [5.41, 5.74) is 0. The fourth-order valence-electron chi connectivity index (χ4n) is 1.52. The van der Waals surface area contributed by atoms with E-state index in [4.69, 9.17) is 5.11 Å². The number of hydrogen-bond donors (Lipinski definition) is 4. The van der Waals surface area contributed by atoms with Crippen LogP contribution in [0.3, 0.4) is 0 Å². The highest BCUT2D eigenvalue weighted by molar-refractivity contribution is 5.83. The number of carbonyl (C=O) groups excluding carboxylic acids is 2. The number of amides is 3. The van der Waals surface area contributed by atoms with Crippen LogP contribution < -0.4 is 16.0 Å². The van der Waals surface area contributed by atoms with E-state index in [1.165, 1.54) is 0 Å². The van der Waals surface area contributed by atoms with Crippen molar-refractivity contribution in [2.24, 2.45) is 5.92 Å². The summed E-state index contributed by atoms with van der Waals surface area (Å²) in [6.07, 6.45) is 1.68. The van der Waals surface area contributed by atoms with Gasteiger partial charge in [-0.25, -0.2) is 9.59 Å². The maximum absolute atomic E-state index is 11.6. The molecule has 0 aliphatic rings. The molecule has 0 spiro atoms. The molecule has 3 amide bonds. The normalized spacial score (nSPS) is 13.2. The molecule has 2 atom stereocenters. The van der Waals surface area contributed by atoms with Gasteiger partial charge in [0.1, 0.15) is 6.04 Å². The van der Waals surface area contributed by atoms with E-state index in [9.17, 15) is 14.4 Å². The number of urea groups is 1. The average molecular weight is 287 g/mol. The van der Waals surface area contributed by atoms with Crippen LogP contribution in [0, 0.1) is 5.92 Å². The van der Waals surface area contributed by atoms with Crippen LogP contribution in [0.4, 0.5) is 4.79 Å². The molecule has 0 aliphatic carbocycles. The predicted molar refractivity (Wildman–Crippen MR) is 75.3 cm³/mol. The maximum Gasteiger partial charge on any atom is 0.326 e. The van der Waals surface area contributed by atoms with Crippen molar-refractivity contribution in [3.05, 3.63) is 0 Å². The van der Waals surface area contributed by atoms with E-state index in [0.717, 1.165) is 6.42 Å². The van der Waals surface area contributed by atoms with Gasteiger partial charge in [-0.15, -0.1) is 0 Å². The Labute approximate surface area is 119 Å². The SMILES string of the molecule is CCCNC(=O)CCNC(=O)N[C@H](C(=O)O)[C@@H](C)CC. The predicted octanol–water partition coefficient (Wildman–Crippen LogP) is 0.701. The molecule has 0 bridgehead atoms. The molecule has 20 heavy (non-hydrogen) atoms. The van der Waals surface area contributed by atoms with Gasteiger partial charge in [-0.1, -0.05) is 27.2 Å². The monoisotopic (exact) mass is 287 g/mol. The summed E-state index contributed by atoms with van der Waals surface area (Å²) < 4.78 is 0. The Bertz CT molecular complexity index is 334. The van der Waals surface area contributed by atoms with Gasteiger partial charge in [0.05, 0.1) is 0 Å².